The van der Waals surface area contributed by atoms with Crippen LogP contribution in [0.1, 0.15) is 79.0 Å². The molecule has 3 aromatic rings. The molecule has 3 rings (SSSR count). The van der Waals surface area contributed by atoms with E-state index in [1.165, 1.54) is 31.4 Å². The van der Waals surface area contributed by atoms with Gasteiger partial charge in [0.25, 0.3) is 0 Å². The van der Waals surface area contributed by atoms with Crippen LogP contribution in [0.3, 0.4) is 0 Å². The Hall–Kier alpha value is -2.20. The molecule has 0 radical (unpaired) electrons. The predicted octanol–water partition coefficient (Wildman–Crippen LogP) is 9.13. The maximum absolute atomic E-state index is 2.36. The normalized spacial score (nSPS) is 11.8. The molecule has 0 aromatic heterocycles. The van der Waals surface area contributed by atoms with Crippen LogP contribution in [0.5, 0.6) is 0 Å². The Morgan fingerprint density at radius 3 is 0.794 bits per heavy atom. The molecular weight excluding hydrogens is 449 g/mol. The van der Waals surface area contributed by atoms with E-state index in [0.717, 1.165) is 0 Å². The lowest BCUT2D eigenvalue weighted by Gasteiger charge is -2.28. The molecule has 0 aliphatic rings. The average Bonchev–Trinajstić information content (AvgIpc) is 2.67. The first-order valence-corrected chi connectivity index (χ1v) is 12.6. The molecule has 0 unspecified atom stereocenters. The molecule has 0 N–H and O–H groups in total. The summed E-state index contributed by atoms with van der Waals surface area (Å²) in [7, 11) is -0.189. The fraction of sp³-hybridized carbons (Fsp3) is 0.400. The summed E-state index contributed by atoms with van der Waals surface area (Å²) in [6.45, 7) is 21.0. The number of rotatable bonds is 3. The molecule has 0 fully saturated rings. The molecule has 4 heteroatoms. The van der Waals surface area contributed by atoms with E-state index in [2.05, 4.69) is 135 Å². The Balaban J connectivity index is 0.00000363. The number of hydrogen-bond acceptors (Lipinski definition) is 0. The minimum Gasteiger partial charge on any atom is -0.269 e. The Labute approximate surface area is 207 Å². The summed E-state index contributed by atoms with van der Waals surface area (Å²) in [4.78, 5) is 4.34. The van der Waals surface area contributed by atoms with Crippen molar-refractivity contribution in [2.45, 2.75) is 93.2 Å². The van der Waals surface area contributed by atoms with Crippen molar-refractivity contribution >= 4 is 10.9 Å². The van der Waals surface area contributed by atoms with Crippen LogP contribution in [0.25, 0.3) is 0 Å². The van der Waals surface area contributed by atoms with Gasteiger partial charge in [-0.1, -0.05) is 117 Å². The summed E-state index contributed by atoms with van der Waals surface area (Å²) in [6.07, 6.45) is 0. The van der Waals surface area contributed by atoms with E-state index >= 15 is 0 Å². The molecule has 0 bridgehead atoms. The van der Waals surface area contributed by atoms with Crippen LogP contribution in [0, 0.1) is 0 Å². The minimum atomic E-state index is -0.189. The lowest BCUT2D eigenvalue weighted by atomic mass is 9.87. The molecule has 0 amide bonds. The zero-order valence-electron chi connectivity index (χ0n) is 22.1. The molecule has 0 saturated heterocycles. The zero-order chi connectivity index (χ0) is 23.0. The Morgan fingerprint density at radius 1 is 0.382 bits per heavy atom. The molecule has 0 heterocycles. The van der Waals surface area contributed by atoms with Gasteiger partial charge in [0, 0.05) is 16.7 Å². The first-order valence-electron chi connectivity index (χ1n) is 11.3. The maximum Gasteiger partial charge on any atom is 0.170 e. The highest BCUT2D eigenvalue weighted by molar-refractivity contribution is 7.97. The van der Waals surface area contributed by atoms with Gasteiger partial charge in [-0.2, -0.15) is 0 Å². The second kappa shape index (κ2) is 11.5. The highest BCUT2D eigenvalue weighted by atomic mass is 32.2. The number of halogens is 3. The topological polar surface area (TPSA) is 0 Å². The van der Waals surface area contributed by atoms with E-state index in [4.69, 9.17) is 0 Å². The average molecular weight is 492 g/mol. The van der Waals surface area contributed by atoms with Gasteiger partial charge >= 0.3 is 0 Å². The standard InChI is InChI=1S/C30H39S.3FH/c1-28(2,3)22-16-10-13-19-25(22)31(26-20-14-11-17-23(26)29(4,5)6)27-21-15-12-18-24(27)30(7,8)9;;;/h10-21H,1-9H3;3*1H/q+1;;;. The van der Waals surface area contributed by atoms with E-state index in [0.29, 0.717) is 0 Å². The van der Waals surface area contributed by atoms with Crippen molar-refractivity contribution in [1.82, 2.24) is 0 Å². The van der Waals surface area contributed by atoms with Crippen molar-refractivity contribution in [2.75, 3.05) is 0 Å². The van der Waals surface area contributed by atoms with Crippen molar-refractivity contribution in [3.63, 3.8) is 0 Å². The maximum atomic E-state index is 2.36. The highest BCUT2D eigenvalue weighted by Crippen LogP contribution is 2.44. The Kier molecular flexibility index (Phi) is 10.7. The summed E-state index contributed by atoms with van der Waals surface area (Å²) in [5, 5.41) is 0. The van der Waals surface area contributed by atoms with Gasteiger partial charge in [0.1, 0.15) is 10.9 Å². The van der Waals surface area contributed by atoms with Gasteiger partial charge in [-0.3, -0.25) is 14.1 Å². The van der Waals surface area contributed by atoms with Crippen molar-refractivity contribution in [3.8, 4) is 0 Å². The monoisotopic (exact) mass is 491 g/mol. The van der Waals surface area contributed by atoms with Crippen molar-refractivity contribution < 1.29 is 14.1 Å². The first kappa shape index (κ1) is 31.8. The minimum absolute atomic E-state index is 0. The molecule has 0 saturated carbocycles. The van der Waals surface area contributed by atoms with Crippen LogP contribution in [0.4, 0.5) is 14.1 Å². The second-order valence-corrected chi connectivity index (χ2v) is 13.5. The molecule has 34 heavy (non-hydrogen) atoms. The van der Waals surface area contributed by atoms with Crippen LogP contribution in [-0.2, 0) is 27.1 Å². The van der Waals surface area contributed by atoms with Gasteiger partial charge < -0.3 is 0 Å². The molecular formula is C30H42F3S+. The zero-order valence-corrected chi connectivity index (χ0v) is 22.9. The van der Waals surface area contributed by atoms with E-state index in [9.17, 15) is 0 Å². The number of benzene rings is 3. The van der Waals surface area contributed by atoms with Gasteiger partial charge in [-0.05, 0) is 34.4 Å². The number of hydrogen-bond donors (Lipinski definition) is 0. The largest absolute Gasteiger partial charge is 0.269 e. The molecule has 0 spiro atoms. The van der Waals surface area contributed by atoms with Gasteiger partial charge in [-0.15, -0.1) is 0 Å². The van der Waals surface area contributed by atoms with Gasteiger partial charge in [0.2, 0.25) is 0 Å². The van der Waals surface area contributed by atoms with E-state index in [-0.39, 0.29) is 41.3 Å². The van der Waals surface area contributed by atoms with Crippen LogP contribution in [0.2, 0.25) is 0 Å². The molecule has 0 atom stereocenters. The van der Waals surface area contributed by atoms with Gasteiger partial charge in [0.15, 0.2) is 14.7 Å². The third-order valence-corrected chi connectivity index (χ3v) is 8.13. The SMILES string of the molecule is CC(C)(C)c1ccccc1[S+](c1ccccc1C(C)(C)C)c1ccccc1C(C)(C)C.F.F.F. The third kappa shape index (κ3) is 6.69. The summed E-state index contributed by atoms with van der Waals surface area (Å²) in [5.74, 6) is 0. The van der Waals surface area contributed by atoms with Crippen LogP contribution < -0.4 is 0 Å². The highest BCUT2D eigenvalue weighted by Gasteiger charge is 2.40. The summed E-state index contributed by atoms with van der Waals surface area (Å²) < 4.78 is 0. The Bertz CT molecular complexity index is 917. The van der Waals surface area contributed by atoms with Crippen LogP contribution in [0.15, 0.2) is 87.5 Å². The fourth-order valence-corrected chi connectivity index (χ4v) is 7.29. The van der Waals surface area contributed by atoms with Gasteiger partial charge in [-0.25, -0.2) is 0 Å². The lowest BCUT2D eigenvalue weighted by molar-refractivity contribution is 0.570. The quantitative estimate of drug-likeness (QED) is 0.320. The lowest BCUT2D eigenvalue weighted by Crippen LogP contribution is -2.23. The van der Waals surface area contributed by atoms with Crippen LogP contribution >= 0.6 is 0 Å². The van der Waals surface area contributed by atoms with Crippen molar-refractivity contribution in [2.24, 2.45) is 0 Å². The molecule has 188 valence electrons. The van der Waals surface area contributed by atoms with Crippen molar-refractivity contribution in [3.05, 3.63) is 89.5 Å². The van der Waals surface area contributed by atoms with Crippen molar-refractivity contribution in [1.29, 1.82) is 0 Å². The third-order valence-electron chi connectivity index (χ3n) is 5.74. The van der Waals surface area contributed by atoms with Crippen LogP contribution in [-0.4, -0.2) is 0 Å². The summed E-state index contributed by atoms with van der Waals surface area (Å²) in [6, 6.07) is 27.3. The molecule has 0 aliphatic carbocycles. The smallest absolute Gasteiger partial charge is 0.170 e. The Morgan fingerprint density at radius 2 is 0.588 bits per heavy atom. The van der Waals surface area contributed by atoms with E-state index in [1.54, 1.807) is 0 Å². The van der Waals surface area contributed by atoms with E-state index < -0.39 is 0 Å². The predicted molar refractivity (Wildman–Crippen MR) is 145 cm³/mol. The first-order chi connectivity index (χ1) is 14.3. The summed E-state index contributed by atoms with van der Waals surface area (Å²) in [5.41, 5.74) is 4.54. The molecule has 0 nitrogen and oxygen atoms in total. The fourth-order valence-electron chi connectivity index (χ4n) is 4.15. The van der Waals surface area contributed by atoms with Gasteiger partial charge in [0.05, 0.1) is 0 Å². The van der Waals surface area contributed by atoms with E-state index in [1.807, 2.05) is 0 Å². The molecule has 3 aromatic carbocycles. The second-order valence-electron chi connectivity index (χ2n) is 11.5. The molecule has 0 aliphatic heterocycles. The summed E-state index contributed by atoms with van der Waals surface area (Å²) >= 11 is 0.